The molecule has 25 heavy (non-hydrogen) atoms. The summed E-state index contributed by atoms with van der Waals surface area (Å²) in [6.07, 6.45) is -2.11. The van der Waals surface area contributed by atoms with Gasteiger partial charge in [-0.25, -0.2) is 0 Å². The quantitative estimate of drug-likeness (QED) is 0.621. The molecule has 1 saturated heterocycles. The van der Waals surface area contributed by atoms with Crippen molar-refractivity contribution in [2.75, 3.05) is 13.7 Å². The second-order valence-corrected chi connectivity index (χ2v) is 22.9. The van der Waals surface area contributed by atoms with Gasteiger partial charge in [-0.3, -0.25) is 0 Å². The molecular weight excluding hydrogens is 372 g/mol. The maximum atomic E-state index is 9.89. The zero-order valence-corrected chi connectivity index (χ0v) is 20.6. The van der Waals surface area contributed by atoms with Gasteiger partial charge in [0.05, 0.1) is 6.61 Å². The number of hydrogen-bond donors (Lipinski definition) is 1. The molecule has 5 atom stereocenters. The first kappa shape index (κ1) is 23.5. The predicted molar refractivity (Wildman–Crippen MR) is 107 cm³/mol. The van der Waals surface area contributed by atoms with Crippen molar-refractivity contribution < 1.29 is 27.9 Å². The molecule has 150 valence electrons. The van der Waals surface area contributed by atoms with Crippen LogP contribution in [-0.4, -0.2) is 74.5 Å². The molecule has 0 aromatic carbocycles. The molecular formula is C16H38O6Si3. The third kappa shape index (κ3) is 7.89. The summed E-state index contributed by atoms with van der Waals surface area (Å²) in [5, 5.41) is 9.89. The van der Waals surface area contributed by atoms with Crippen LogP contribution in [0.3, 0.4) is 0 Å². The summed E-state index contributed by atoms with van der Waals surface area (Å²) in [5.41, 5.74) is 0. The van der Waals surface area contributed by atoms with E-state index in [0.29, 0.717) is 0 Å². The van der Waals surface area contributed by atoms with Gasteiger partial charge in [0.1, 0.15) is 24.4 Å². The number of aliphatic hydroxyl groups excluding tert-OH is 1. The topological polar surface area (TPSA) is 66.4 Å². The van der Waals surface area contributed by atoms with Crippen LogP contribution in [0.15, 0.2) is 0 Å². The lowest BCUT2D eigenvalue weighted by molar-refractivity contribution is -0.284. The molecule has 0 spiro atoms. The van der Waals surface area contributed by atoms with E-state index in [9.17, 15) is 5.11 Å². The van der Waals surface area contributed by atoms with Crippen molar-refractivity contribution >= 4 is 25.0 Å². The average Bonchev–Trinajstić information content (AvgIpc) is 2.38. The summed E-state index contributed by atoms with van der Waals surface area (Å²) < 4.78 is 30.9. The molecule has 1 aliphatic heterocycles. The SMILES string of the molecule is CO[C@H]1O[C@@H](CO)[C@H](O[Si](C)(C)C)[C@@H](O[Si](C)(C)C)[C@@H]1O[Si](C)(C)C. The summed E-state index contributed by atoms with van der Waals surface area (Å²) in [7, 11) is -4.04. The molecule has 0 radical (unpaired) electrons. The maximum absolute atomic E-state index is 9.89. The number of hydrogen-bond acceptors (Lipinski definition) is 6. The van der Waals surface area contributed by atoms with Gasteiger partial charge in [0.25, 0.3) is 0 Å². The van der Waals surface area contributed by atoms with Gasteiger partial charge < -0.3 is 27.9 Å². The van der Waals surface area contributed by atoms with Crippen molar-refractivity contribution in [2.45, 2.75) is 89.6 Å². The van der Waals surface area contributed by atoms with Crippen LogP contribution in [0.4, 0.5) is 0 Å². The molecule has 1 heterocycles. The van der Waals surface area contributed by atoms with Gasteiger partial charge in [0.15, 0.2) is 31.2 Å². The largest absolute Gasteiger partial charge is 0.409 e. The molecule has 0 bridgehead atoms. The van der Waals surface area contributed by atoms with Crippen LogP contribution in [0.1, 0.15) is 0 Å². The van der Waals surface area contributed by atoms with E-state index < -0.39 is 37.3 Å². The average molecular weight is 411 g/mol. The molecule has 1 aliphatic rings. The third-order valence-electron chi connectivity index (χ3n) is 3.47. The molecule has 0 amide bonds. The van der Waals surface area contributed by atoms with E-state index in [4.69, 9.17) is 22.8 Å². The lowest BCUT2D eigenvalue weighted by Gasteiger charge is -2.50. The Morgan fingerprint density at radius 2 is 1.12 bits per heavy atom. The first-order valence-corrected chi connectivity index (χ1v) is 19.2. The summed E-state index contributed by atoms with van der Waals surface area (Å²) in [4.78, 5) is 0. The van der Waals surface area contributed by atoms with E-state index in [1.165, 1.54) is 0 Å². The Hall–Kier alpha value is 0.411. The van der Waals surface area contributed by atoms with Crippen molar-refractivity contribution in [3.63, 3.8) is 0 Å². The zero-order valence-electron chi connectivity index (χ0n) is 17.6. The van der Waals surface area contributed by atoms with E-state index in [-0.39, 0.29) is 24.9 Å². The van der Waals surface area contributed by atoms with Crippen molar-refractivity contribution in [1.29, 1.82) is 0 Å². The Balaban J connectivity index is 3.27. The lowest BCUT2D eigenvalue weighted by atomic mass is 9.99. The normalized spacial score (nSPS) is 32.0. The van der Waals surface area contributed by atoms with Gasteiger partial charge in [-0.1, -0.05) is 0 Å². The highest BCUT2D eigenvalue weighted by atomic mass is 28.4. The first-order valence-electron chi connectivity index (χ1n) is 8.99. The van der Waals surface area contributed by atoms with Crippen LogP contribution in [0.25, 0.3) is 0 Å². The van der Waals surface area contributed by atoms with E-state index in [1.54, 1.807) is 7.11 Å². The smallest absolute Gasteiger partial charge is 0.185 e. The molecule has 0 saturated carbocycles. The van der Waals surface area contributed by atoms with Crippen LogP contribution in [0.2, 0.25) is 58.9 Å². The van der Waals surface area contributed by atoms with E-state index in [0.717, 1.165) is 0 Å². The van der Waals surface area contributed by atoms with Crippen LogP contribution >= 0.6 is 0 Å². The van der Waals surface area contributed by atoms with Gasteiger partial charge in [-0.15, -0.1) is 0 Å². The van der Waals surface area contributed by atoms with Gasteiger partial charge in [0.2, 0.25) is 0 Å². The highest BCUT2D eigenvalue weighted by Gasteiger charge is 2.51. The molecule has 6 nitrogen and oxygen atoms in total. The van der Waals surface area contributed by atoms with Crippen LogP contribution in [0, 0.1) is 0 Å². The summed E-state index contributed by atoms with van der Waals surface area (Å²) >= 11 is 0. The molecule has 0 aliphatic carbocycles. The summed E-state index contributed by atoms with van der Waals surface area (Å²) in [6.45, 7) is 19.1. The molecule has 1 fully saturated rings. The fourth-order valence-electron chi connectivity index (χ4n) is 2.84. The van der Waals surface area contributed by atoms with Crippen molar-refractivity contribution in [3.05, 3.63) is 0 Å². The van der Waals surface area contributed by atoms with E-state index in [1.807, 2.05) is 0 Å². The standard InChI is InChI=1S/C16H38O6Si3/c1-18-16-15(22-25(8,9)10)14(21-24(5,6)7)13(12(11-17)19-16)20-23(2,3)4/h12-17H,11H2,1-10H3/t12-,13-,14+,15-,16-/m0/s1. The highest BCUT2D eigenvalue weighted by molar-refractivity contribution is 6.70. The molecule has 1 rings (SSSR count). The van der Waals surface area contributed by atoms with Crippen LogP contribution < -0.4 is 0 Å². The Morgan fingerprint density at radius 1 is 0.720 bits per heavy atom. The predicted octanol–water partition coefficient (Wildman–Crippen LogP) is 3.01. The fourth-order valence-corrected chi connectivity index (χ4v) is 6.09. The van der Waals surface area contributed by atoms with Crippen LogP contribution in [-0.2, 0) is 22.8 Å². The summed E-state index contributed by atoms with van der Waals surface area (Å²) in [6, 6.07) is 0. The Bertz CT molecular complexity index is 386. The zero-order chi connectivity index (χ0) is 19.6. The van der Waals surface area contributed by atoms with Crippen molar-refractivity contribution in [1.82, 2.24) is 0 Å². The first-order chi connectivity index (χ1) is 11.2. The van der Waals surface area contributed by atoms with Crippen molar-refractivity contribution in [2.24, 2.45) is 0 Å². The highest BCUT2D eigenvalue weighted by Crippen LogP contribution is 2.33. The molecule has 0 unspecified atom stereocenters. The number of methoxy groups -OCH3 is 1. The Kier molecular flexibility index (Phi) is 8.08. The molecule has 1 N–H and O–H groups in total. The van der Waals surface area contributed by atoms with Crippen LogP contribution in [0.5, 0.6) is 0 Å². The number of aliphatic hydroxyl groups is 1. The minimum absolute atomic E-state index is 0.139. The molecule has 0 aromatic rings. The van der Waals surface area contributed by atoms with E-state index >= 15 is 0 Å². The second kappa shape index (κ2) is 8.61. The van der Waals surface area contributed by atoms with Gasteiger partial charge in [-0.05, 0) is 58.9 Å². The van der Waals surface area contributed by atoms with E-state index in [2.05, 4.69) is 58.9 Å². The van der Waals surface area contributed by atoms with Crippen molar-refractivity contribution in [3.8, 4) is 0 Å². The molecule has 9 heteroatoms. The number of ether oxygens (including phenoxy) is 2. The second-order valence-electron chi connectivity index (χ2n) is 9.55. The Labute approximate surface area is 156 Å². The van der Waals surface area contributed by atoms with Gasteiger partial charge in [0, 0.05) is 7.11 Å². The maximum Gasteiger partial charge on any atom is 0.185 e. The minimum atomic E-state index is -1.89. The summed E-state index contributed by atoms with van der Waals surface area (Å²) in [5.74, 6) is 0. The van der Waals surface area contributed by atoms with Gasteiger partial charge >= 0.3 is 0 Å². The fraction of sp³-hybridized carbons (Fsp3) is 1.00. The monoisotopic (exact) mass is 410 g/mol. The van der Waals surface area contributed by atoms with Gasteiger partial charge in [-0.2, -0.15) is 0 Å². The third-order valence-corrected chi connectivity index (χ3v) is 6.41. The number of rotatable bonds is 8. The molecule has 0 aromatic heterocycles. The minimum Gasteiger partial charge on any atom is -0.409 e. The lowest BCUT2D eigenvalue weighted by Crippen LogP contribution is -2.66. The Morgan fingerprint density at radius 3 is 1.48 bits per heavy atom.